The van der Waals surface area contributed by atoms with E-state index in [-0.39, 0.29) is 17.2 Å². The maximum atomic E-state index is 11.5. The van der Waals surface area contributed by atoms with Crippen molar-refractivity contribution in [3.63, 3.8) is 0 Å². The van der Waals surface area contributed by atoms with Gasteiger partial charge in [-0.1, -0.05) is 54.1 Å². The number of rotatable bonds is 3. The minimum atomic E-state index is -1.16. The first-order valence-electron chi connectivity index (χ1n) is 6.44. The van der Waals surface area contributed by atoms with E-state index in [2.05, 4.69) is 15.2 Å². The topological polar surface area (TPSA) is 76.0 Å². The fourth-order valence-corrected chi connectivity index (χ4v) is 2.11. The van der Waals surface area contributed by atoms with Gasteiger partial charge < -0.3 is 5.11 Å². The molecule has 0 saturated carbocycles. The Morgan fingerprint density at radius 2 is 1.59 bits per heavy atom. The Labute approximate surface area is 131 Å². The second-order valence-corrected chi connectivity index (χ2v) is 4.95. The van der Waals surface area contributed by atoms with Crippen molar-refractivity contribution < 1.29 is 9.90 Å². The second-order valence-electron chi connectivity index (χ2n) is 4.51. The number of nitrogens with zero attached hydrogens (tertiary/aromatic N) is 3. The van der Waals surface area contributed by atoms with Gasteiger partial charge in [0, 0.05) is 16.1 Å². The fraction of sp³-hybridized carbons (Fsp3) is 0. The van der Waals surface area contributed by atoms with Gasteiger partial charge in [0.2, 0.25) is 0 Å². The van der Waals surface area contributed by atoms with E-state index < -0.39 is 5.97 Å². The summed E-state index contributed by atoms with van der Waals surface area (Å²) in [5.41, 5.74) is 1.38. The van der Waals surface area contributed by atoms with Crippen molar-refractivity contribution in [2.45, 2.75) is 0 Å². The van der Waals surface area contributed by atoms with E-state index in [0.29, 0.717) is 16.1 Å². The van der Waals surface area contributed by atoms with Gasteiger partial charge in [0.05, 0.1) is 0 Å². The average molecular weight is 312 g/mol. The van der Waals surface area contributed by atoms with E-state index in [1.807, 2.05) is 18.2 Å². The van der Waals surface area contributed by atoms with Gasteiger partial charge in [0.1, 0.15) is 5.69 Å². The summed E-state index contributed by atoms with van der Waals surface area (Å²) in [5.74, 6) is -0.882. The predicted molar refractivity (Wildman–Crippen MR) is 82.7 cm³/mol. The van der Waals surface area contributed by atoms with E-state index in [0.717, 1.165) is 0 Å². The van der Waals surface area contributed by atoms with Crippen LogP contribution in [0.3, 0.4) is 0 Å². The average Bonchev–Trinajstić information content (AvgIpc) is 2.56. The molecule has 1 heterocycles. The third-order valence-corrected chi connectivity index (χ3v) is 3.29. The van der Waals surface area contributed by atoms with Crippen LogP contribution in [-0.4, -0.2) is 26.3 Å². The molecule has 0 saturated heterocycles. The van der Waals surface area contributed by atoms with Gasteiger partial charge in [0.25, 0.3) is 0 Å². The molecule has 3 rings (SSSR count). The Balaban J connectivity index is 2.12. The van der Waals surface area contributed by atoms with Crippen LogP contribution in [0.1, 0.15) is 10.5 Å². The lowest BCUT2D eigenvalue weighted by atomic mass is 10.1. The highest BCUT2D eigenvalue weighted by Crippen LogP contribution is 2.23. The number of carbonyl (C=O) groups is 1. The van der Waals surface area contributed by atoms with Gasteiger partial charge in [-0.3, -0.25) is 0 Å². The molecule has 0 atom stereocenters. The van der Waals surface area contributed by atoms with Gasteiger partial charge in [-0.15, -0.1) is 10.2 Å². The second kappa shape index (κ2) is 5.91. The number of carboxylic acids is 1. The van der Waals surface area contributed by atoms with Crippen molar-refractivity contribution in [3.8, 4) is 22.6 Å². The molecule has 0 amide bonds. The highest BCUT2D eigenvalue weighted by atomic mass is 35.5. The quantitative estimate of drug-likeness (QED) is 0.800. The number of benzene rings is 2. The van der Waals surface area contributed by atoms with Crippen molar-refractivity contribution in [1.29, 1.82) is 0 Å². The number of carboxylic acid groups (broad SMARTS) is 1. The van der Waals surface area contributed by atoms with Crippen molar-refractivity contribution >= 4 is 17.6 Å². The lowest BCUT2D eigenvalue weighted by Crippen LogP contribution is -2.08. The summed E-state index contributed by atoms with van der Waals surface area (Å²) >= 11 is 5.84. The van der Waals surface area contributed by atoms with Gasteiger partial charge in [0.15, 0.2) is 11.5 Å². The molecule has 0 aliphatic heterocycles. The van der Waals surface area contributed by atoms with Crippen LogP contribution in [-0.2, 0) is 0 Å². The van der Waals surface area contributed by atoms with Crippen LogP contribution >= 0.6 is 11.6 Å². The van der Waals surface area contributed by atoms with E-state index in [1.165, 1.54) is 0 Å². The summed E-state index contributed by atoms with van der Waals surface area (Å²) in [6.45, 7) is 0. The molecule has 0 aliphatic carbocycles. The molecular formula is C16H10ClN3O2. The van der Waals surface area contributed by atoms with Crippen LogP contribution in [0.5, 0.6) is 0 Å². The van der Waals surface area contributed by atoms with Crippen molar-refractivity contribution in [3.05, 3.63) is 65.3 Å². The summed E-state index contributed by atoms with van der Waals surface area (Å²) in [6, 6.07) is 15.8. The van der Waals surface area contributed by atoms with Crippen molar-refractivity contribution in [2.24, 2.45) is 0 Å². The summed E-state index contributed by atoms with van der Waals surface area (Å²) in [4.78, 5) is 15.6. The Morgan fingerprint density at radius 1 is 0.909 bits per heavy atom. The molecule has 5 nitrogen and oxygen atoms in total. The molecule has 1 aromatic heterocycles. The first kappa shape index (κ1) is 14.2. The Bertz CT molecular complexity index is 821. The molecule has 0 bridgehead atoms. The molecule has 0 radical (unpaired) electrons. The molecule has 3 aromatic rings. The van der Waals surface area contributed by atoms with Crippen LogP contribution in [0.2, 0.25) is 5.02 Å². The summed E-state index contributed by atoms with van der Waals surface area (Å²) in [5, 5.41) is 18.0. The molecule has 6 heteroatoms. The number of hydrogen-bond acceptors (Lipinski definition) is 4. The molecule has 108 valence electrons. The highest BCUT2D eigenvalue weighted by molar-refractivity contribution is 6.30. The lowest BCUT2D eigenvalue weighted by molar-refractivity contribution is 0.0691. The molecule has 1 N–H and O–H groups in total. The molecular weight excluding hydrogens is 302 g/mol. The fourth-order valence-electron chi connectivity index (χ4n) is 1.99. The number of halogens is 1. The van der Waals surface area contributed by atoms with Gasteiger partial charge >= 0.3 is 5.97 Å². The smallest absolute Gasteiger partial charge is 0.356 e. The summed E-state index contributed by atoms with van der Waals surface area (Å²) in [7, 11) is 0. The van der Waals surface area contributed by atoms with Crippen LogP contribution in [0.25, 0.3) is 22.6 Å². The maximum absolute atomic E-state index is 11.5. The number of aromatic nitrogens is 3. The first-order valence-corrected chi connectivity index (χ1v) is 6.82. The molecule has 2 aromatic carbocycles. The molecule has 0 unspecified atom stereocenters. The largest absolute Gasteiger partial charge is 0.476 e. The van der Waals surface area contributed by atoms with E-state index in [9.17, 15) is 9.90 Å². The Kier molecular flexibility index (Phi) is 3.80. The van der Waals surface area contributed by atoms with Gasteiger partial charge in [-0.2, -0.15) is 0 Å². The zero-order valence-corrected chi connectivity index (χ0v) is 12.0. The van der Waals surface area contributed by atoms with Crippen LogP contribution in [0, 0.1) is 0 Å². The van der Waals surface area contributed by atoms with E-state index >= 15 is 0 Å². The van der Waals surface area contributed by atoms with Crippen LogP contribution in [0.15, 0.2) is 54.6 Å². The van der Waals surface area contributed by atoms with Crippen molar-refractivity contribution in [1.82, 2.24) is 15.2 Å². The SMILES string of the molecule is O=C(O)c1nc(-c2ccccc2)nnc1-c1ccc(Cl)cc1. The zero-order valence-electron chi connectivity index (χ0n) is 11.3. The third kappa shape index (κ3) is 2.80. The number of aromatic carboxylic acids is 1. The van der Waals surface area contributed by atoms with Gasteiger partial charge in [-0.25, -0.2) is 9.78 Å². The standard InChI is InChI=1S/C16H10ClN3O2/c17-12-8-6-10(7-9-12)13-14(16(21)22)18-15(20-19-13)11-4-2-1-3-5-11/h1-9H,(H,21,22). The molecule has 0 aliphatic rings. The van der Waals surface area contributed by atoms with Crippen LogP contribution < -0.4 is 0 Å². The maximum Gasteiger partial charge on any atom is 0.356 e. The van der Waals surface area contributed by atoms with Crippen LogP contribution in [0.4, 0.5) is 0 Å². The van der Waals surface area contributed by atoms with E-state index in [4.69, 9.17) is 11.6 Å². The molecule has 0 fully saturated rings. The first-order chi connectivity index (χ1) is 10.6. The van der Waals surface area contributed by atoms with Crippen molar-refractivity contribution in [2.75, 3.05) is 0 Å². The lowest BCUT2D eigenvalue weighted by Gasteiger charge is -2.06. The highest BCUT2D eigenvalue weighted by Gasteiger charge is 2.18. The molecule has 0 spiro atoms. The van der Waals surface area contributed by atoms with Gasteiger partial charge in [-0.05, 0) is 12.1 Å². The summed E-state index contributed by atoms with van der Waals surface area (Å²) < 4.78 is 0. The number of hydrogen-bond donors (Lipinski definition) is 1. The Morgan fingerprint density at radius 3 is 2.23 bits per heavy atom. The minimum absolute atomic E-state index is 0.142. The normalized spacial score (nSPS) is 10.4. The molecule has 22 heavy (non-hydrogen) atoms. The summed E-state index contributed by atoms with van der Waals surface area (Å²) in [6.07, 6.45) is 0. The minimum Gasteiger partial charge on any atom is -0.476 e. The Hall–Kier alpha value is -2.79. The predicted octanol–water partition coefficient (Wildman–Crippen LogP) is 3.56. The zero-order chi connectivity index (χ0) is 15.5. The monoisotopic (exact) mass is 311 g/mol. The third-order valence-electron chi connectivity index (χ3n) is 3.04. The van der Waals surface area contributed by atoms with E-state index in [1.54, 1.807) is 36.4 Å².